The van der Waals surface area contributed by atoms with Gasteiger partial charge < -0.3 is 5.32 Å². The van der Waals surface area contributed by atoms with E-state index in [2.05, 4.69) is 59.0 Å². The maximum absolute atomic E-state index is 12.2. The van der Waals surface area contributed by atoms with Crippen molar-refractivity contribution in [2.24, 2.45) is 0 Å². The molecule has 0 spiro atoms. The summed E-state index contributed by atoms with van der Waals surface area (Å²) in [7, 11) is 0. The summed E-state index contributed by atoms with van der Waals surface area (Å²) in [5.41, 5.74) is 3.97. The summed E-state index contributed by atoms with van der Waals surface area (Å²) in [5.74, 6) is 0. The number of carbonyl (C=O) groups excluding carboxylic acids is 1. The molecule has 26 heavy (non-hydrogen) atoms. The highest BCUT2D eigenvalue weighted by atomic mass is 127. The van der Waals surface area contributed by atoms with Crippen LogP contribution in [-0.4, -0.2) is 11.0 Å². The highest BCUT2D eigenvalue weighted by molar-refractivity contribution is 14.1. The van der Waals surface area contributed by atoms with E-state index in [0.717, 1.165) is 16.9 Å². The fourth-order valence-corrected chi connectivity index (χ4v) is 3.47. The molecule has 2 N–H and O–H groups in total. The zero-order valence-corrected chi connectivity index (χ0v) is 17.8. The van der Waals surface area contributed by atoms with Gasteiger partial charge in [-0.05, 0) is 57.8 Å². The molecule has 0 fully saturated rings. The first-order valence-corrected chi connectivity index (χ1v) is 10.2. The zero-order valence-electron chi connectivity index (χ0n) is 14.8. The van der Waals surface area contributed by atoms with Crippen molar-refractivity contribution in [1.29, 1.82) is 0 Å². The summed E-state index contributed by atoms with van der Waals surface area (Å²) in [6.45, 7) is 6.49. The quantitative estimate of drug-likeness (QED) is 0.432. The van der Waals surface area contributed by atoms with Crippen LogP contribution in [0.1, 0.15) is 26.3 Å². The van der Waals surface area contributed by atoms with Gasteiger partial charge in [0.2, 0.25) is 0 Å². The molecule has 2 amide bonds. The first-order chi connectivity index (χ1) is 12.3. The fourth-order valence-electron chi connectivity index (χ4n) is 2.40. The Kier molecular flexibility index (Phi) is 5.62. The summed E-state index contributed by atoms with van der Waals surface area (Å²) in [6, 6.07) is 15.7. The third-order valence-corrected chi connectivity index (χ3v) is 5.35. The second-order valence-electron chi connectivity index (χ2n) is 6.95. The van der Waals surface area contributed by atoms with E-state index in [4.69, 9.17) is 0 Å². The van der Waals surface area contributed by atoms with Gasteiger partial charge in [0.15, 0.2) is 5.13 Å². The van der Waals surface area contributed by atoms with Crippen LogP contribution in [0.2, 0.25) is 0 Å². The van der Waals surface area contributed by atoms with Gasteiger partial charge in [-0.3, -0.25) is 5.32 Å². The van der Waals surface area contributed by atoms with E-state index in [1.807, 2.05) is 53.9 Å². The van der Waals surface area contributed by atoms with E-state index in [-0.39, 0.29) is 11.4 Å². The van der Waals surface area contributed by atoms with Crippen LogP contribution in [0.25, 0.3) is 11.3 Å². The lowest BCUT2D eigenvalue weighted by atomic mass is 9.87. The molecule has 134 valence electrons. The predicted molar refractivity (Wildman–Crippen MR) is 118 cm³/mol. The first-order valence-electron chi connectivity index (χ1n) is 8.21. The van der Waals surface area contributed by atoms with Gasteiger partial charge in [-0.15, -0.1) is 11.3 Å². The van der Waals surface area contributed by atoms with Gasteiger partial charge in [-0.1, -0.05) is 45.0 Å². The molecular formula is C20H20IN3OS. The summed E-state index contributed by atoms with van der Waals surface area (Å²) in [4.78, 5) is 16.7. The van der Waals surface area contributed by atoms with Crippen molar-refractivity contribution in [2.45, 2.75) is 26.2 Å². The Morgan fingerprint density at radius 3 is 2.27 bits per heavy atom. The van der Waals surface area contributed by atoms with Crippen molar-refractivity contribution >= 4 is 50.8 Å². The molecule has 0 aliphatic carbocycles. The Balaban J connectivity index is 1.62. The van der Waals surface area contributed by atoms with Gasteiger partial charge in [0, 0.05) is 20.2 Å². The number of hydrogen-bond acceptors (Lipinski definition) is 3. The summed E-state index contributed by atoms with van der Waals surface area (Å²) in [5, 5.41) is 8.15. The molecule has 3 rings (SSSR count). The van der Waals surface area contributed by atoms with E-state index >= 15 is 0 Å². The van der Waals surface area contributed by atoms with E-state index in [0.29, 0.717) is 5.13 Å². The Morgan fingerprint density at radius 1 is 1.00 bits per heavy atom. The van der Waals surface area contributed by atoms with E-state index in [9.17, 15) is 4.79 Å². The van der Waals surface area contributed by atoms with Crippen molar-refractivity contribution in [2.75, 3.05) is 10.6 Å². The lowest BCUT2D eigenvalue weighted by Crippen LogP contribution is -2.19. The largest absolute Gasteiger partial charge is 0.325 e. The van der Waals surface area contributed by atoms with Crippen LogP contribution >= 0.6 is 33.9 Å². The third kappa shape index (κ3) is 4.82. The van der Waals surface area contributed by atoms with Crippen molar-refractivity contribution in [3.8, 4) is 11.3 Å². The number of carbonyl (C=O) groups is 1. The number of nitrogens with zero attached hydrogens (tertiary/aromatic N) is 1. The maximum Gasteiger partial charge on any atom is 0.325 e. The molecule has 0 saturated heterocycles. The van der Waals surface area contributed by atoms with Crippen molar-refractivity contribution in [1.82, 2.24) is 4.98 Å². The molecule has 2 aromatic carbocycles. The second-order valence-corrected chi connectivity index (χ2v) is 9.06. The molecule has 0 unspecified atom stereocenters. The molecular weight excluding hydrogens is 457 g/mol. The Hall–Kier alpha value is -1.93. The lowest BCUT2D eigenvalue weighted by Gasteiger charge is -2.19. The maximum atomic E-state index is 12.2. The number of anilines is 2. The van der Waals surface area contributed by atoms with Gasteiger partial charge in [-0.2, -0.15) is 0 Å². The smallest absolute Gasteiger partial charge is 0.308 e. The standard InChI is InChI=1S/C20H20IN3OS/c1-20(2,3)14-6-10-16(11-7-14)22-18(25)24-19-23-17(12-26-19)13-4-8-15(21)9-5-13/h4-12H,1-3H3,(H2,22,23,24,25). The molecule has 1 aromatic heterocycles. The normalized spacial score (nSPS) is 11.2. The number of thiazole rings is 1. The Morgan fingerprint density at radius 2 is 1.65 bits per heavy atom. The summed E-state index contributed by atoms with van der Waals surface area (Å²) in [6.07, 6.45) is 0. The number of urea groups is 1. The molecule has 0 bridgehead atoms. The molecule has 4 nitrogen and oxygen atoms in total. The van der Waals surface area contributed by atoms with Crippen molar-refractivity contribution < 1.29 is 4.79 Å². The van der Waals surface area contributed by atoms with Crippen molar-refractivity contribution in [3.05, 3.63) is 63.0 Å². The van der Waals surface area contributed by atoms with Gasteiger partial charge in [0.05, 0.1) is 5.69 Å². The predicted octanol–water partition coefficient (Wildman–Crippen LogP) is 6.36. The number of nitrogens with one attached hydrogen (secondary N) is 2. The second kappa shape index (κ2) is 7.75. The van der Waals surface area contributed by atoms with Gasteiger partial charge in [0.1, 0.15) is 0 Å². The van der Waals surface area contributed by atoms with Crippen LogP contribution in [0.15, 0.2) is 53.9 Å². The molecule has 1 heterocycles. The lowest BCUT2D eigenvalue weighted by molar-refractivity contribution is 0.262. The van der Waals surface area contributed by atoms with E-state index < -0.39 is 0 Å². The summed E-state index contributed by atoms with van der Waals surface area (Å²) >= 11 is 3.68. The highest BCUT2D eigenvalue weighted by Crippen LogP contribution is 2.26. The molecule has 3 aromatic rings. The number of amides is 2. The van der Waals surface area contributed by atoms with E-state index in [1.165, 1.54) is 20.5 Å². The van der Waals surface area contributed by atoms with E-state index in [1.54, 1.807) is 0 Å². The van der Waals surface area contributed by atoms with Crippen LogP contribution < -0.4 is 10.6 Å². The topological polar surface area (TPSA) is 54.0 Å². The average molecular weight is 477 g/mol. The van der Waals surface area contributed by atoms with Gasteiger partial charge in [-0.25, -0.2) is 9.78 Å². The third-order valence-electron chi connectivity index (χ3n) is 3.87. The fraction of sp³-hybridized carbons (Fsp3) is 0.200. The van der Waals surface area contributed by atoms with Crippen LogP contribution in [0.4, 0.5) is 15.6 Å². The van der Waals surface area contributed by atoms with Gasteiger partial charge >= 0.3 is 6.03 Å². The van der Waals surface area contributed by atoms with Crippen LogP contribution in [0.3, 0.4) is 0 Å². The minimum atomic E-state index is -0.294. The number of aromatic nitrogens is 1. The number of benzene rings is 2. The molecule has 0 aliphatic heterocycles. The molecule has 0 atom stereocenters. The highest BCUT2D eigenvalue weighted by Gasteiger charge is 2.13. The van der Waals surface area contributed by atoms with Crippen LogP contribution in [-0.2, 0) is 5.41 Å². The monoisotopic (exact) mass is 477 g/mol. The van der Waals surface area contributed by atoms with Crippen LogP contribution in [0.5, 0.6) is 0 Å². The molecule has 0 saturated carbocycles. The molecule has 0 radical (unpaired) electrons. The minimum Gasteiger partial charge on any atom is -0.308 e. The molecule has 6 heteroatoms. The first kappa shape index (κ1) is 18.8. The number of rotatable bonds is 3. The Labute approximate surface area is 171 Å². The van der Waals surface area contributed by atoms with Gasteiger partial charge in [0.25, 0.3) is 0 Å². The van der Waals surface area contributed by atoms with Crippen LogP contribution in [0, 0.1) is 3.57 Å². The number of hydrogen-bond donors (Lipinski definition) is 2. The molecule has 0 aliphatic rings. The average Bonchev–Trinajstić information content (AvgIpc) is 3.03. The van der Waals surface area contributed by atoms with Crippen molar-refractivity contribution in [3.63, 3.8) is 0 Å². The minimum absolute atomic E-state index is 0.0909. The SMILES string of the molecule is CC(C)(C)c1ccc(NC(=O)Nc2nc(-c3ccc(I)cc3)cs2)cc1. The summed E-state index contributed by atoms with van der Waals surface area (Å²) < 4.78 is 1.18. The number of halogens is 1. The Bertz CT molecular complexity index is 896. The zero-order chi connectivity index (χ0) is 18.7.